The molecule has 2 nitrogen and oxygen atoms in total. The second-order valence-electron chi connectivity index (χ2n) is 4.74. The summed E-state index contributed by atoms with van der Waals surface area (Å²) in [5, 5.41) is 0. The Morgan fingerprint density at radius 3 is 1.77 bits per heavy atom. The fraction of sp³-hybridized carbons (Fsp3) is 0.111. The maximum Gasteiger partial charge on any atom is 0.118 e. The van der Waals surface area contributed by atoms with Crippen molar-refractivity contribution in [3.8, 4) is 32.4 Å². The molecule has 2 aromatic carbocycles. The molecule has 1 aromatic heterocycles. The van der Waals surface area contributed by atoms with E-state index in [1.165, 1.54) is 24.5 Å². The molecule has 0 atom stereocenters. The highest BCUT2D eigenvalue weighted by Crippen LogP contribution is 2.39. The Morgan fingerprint density at radius 2 is 1.27 bits per heavy atom. The van der Waals surface area contributed by atoms with Crippen molar-refractivity contribution in [3.63, 3.8) is 0 Å². The minimum absolute atomic E-state index is 0.880. The van der Waals surface area contributed by atoms with Gasteiger partial charge in [0.05, 0.1) is 14.2 Å². The van der Waals surface area contributed by atoms with Crippen molar-refractivity contribution in [2.24, 2.45) is 0 Å². The van der Waals surface area contributed by atoms with Gasteiger partial charge in [0.2, 0.25) is 0 Å². The highest BCUT2D eigenvalue weighted by atomic mass is 127. The molecule has 0 saturated carbocycles. The van der Waals surface area contributed by atoms with Gasteiger partial charge in [0.25, 0.3) is 0 Å². The molecule has 0 aliphatic heterocycles. The molecule has 3 aromatic rings. The first-order valence-electron chi connectivity index (χ1n) is 6.79. The number of hydrogen-bond acceptors (Lipinski definition) is 3. The van der Waals surface area contributed by atoms with Gasteiger partial charge in [-0.3, -0.25) is 0 Å². The van der Waals surface area contributed by atoms with Crippen LogP contribution in [0.1, 0.15) is 0 Å². The molecule has 4 heteroatoms. The van der Waals surface area contributed by atoms with E-state index in [-0.39, 0.29) is 0 Å². The van der Waals surface area contributed by atoms with Crippen LogP contribution in [0.15, 0.2) is 54.6 Å². The van der Waals surface area contributed by atoms with Crippen molar-refractivity contribution in [2.45, 2.75) is 0 Å². The summed E-state index contributed by atoms with van der Waals surface area (Å²) in [6, 6.07) is 18.6. The van der Waals surface area contributed by atoms with Gasteiger partial charge < -0.3 is 9.47 Å². The highest BCUT2D eigenvalue weighted by Gasteiger charge is 2.11. The lowest BCUT2D eigenvalue weighted by atomic mass is 10.1. The van der Waals surface area contributed by atoms with Crippen LogP contribution in [0.4, 0.5) is 0 Å². The first-order chi connectivity index (χ1) is 10.7. The van der Waals surface area contributed by atoms with Gasteiger partial charge in [0, 0.05) is 13.3 Å². The smallest absolute Gasteiger partial charge is 0.118 e. The molecule has 0 spiro atoms. The van der Waals surface area contributed by atoms with E-state index in [1.54, 1.807) is 25.6 Å². The van der Waals surface area contributed by atoms with Gasteiger partial charge in [-0.05, 0) is 88.3 Å². The second-order valence-corrected chi connectivity index (χ2v) is 6.96. The van der Waals surface area contributed by atoms with Crippen LogP contribution in [-0.2, 0) is 0 Å². The monoisotopic (exact) mass is 422 g/mol. The molecule has 112 valence electrons. The Bertz CT molecular complexity index is 761. The molecule has 22 heavy (non-hydrogen) atoms. The fourth-order valence-corrected chi connectivity index (χ4v) is 4.43. The Morgan fingerprint density at radius 1 is 0.773 bits per heavy atom. The molecule has 0 N–H and O–H groups in total. The van der Waals surface area contributed by atoms with Gasteiger partial charge in [-0.15, -0.1) is 11.3 Å². The molecule has 0 amide bonds. The lowest BCUT2D eigenvalue weighted by molar-refractivity contribution is 0.415. The average molecular weight is 422 g/mol. The van der Waals surface area contributed by atoms with E-state index in [0.29, 0.717) is 0 Å². The SMILES string of the molecule is COc1ccc(-c2cc(I)c(-c3ccc(OC)cc3)s2)cc1. The molecule has 0 radical (unpaired) electrons. The molecular weight excluding hydrogens is 407 g/mol. The number of benzene rings is 2. The zero-order valence-electron chi connectivity index (χ0n) is 12.3. The van der Waals surface area contributed by atoms with Crippen LogP contribution in [0.3, 0.4) is 0 Å². The number of ether oxygens (including phenoxy) is 2. The first kappa shape index (κ1) is 15.4. The zero-order valence-corrected chi connectivity index (χ0v) is 15.3. The second kappa shape index (κ2) is 6.71. The molecule has 1 heterocycles. The molecule has 0 bridgehead atoms. The topological polar surface area (TPSA) is 18.5 Å². The first-order valence-corrected chi connectivity index (χ1v) is 8.69. The summed E-state index contributed by atoms with van der Waals surface area (Å²) in [4.78, 5) is 2.55. The summed E-state index contributed by atoms with van der Waals surface area (Å²) in [7, 11) is 3.37. The van der Waals surface area contributed by atoms with E-state index in [0.717, 1.165) is 11.5 Å². The molecule has 0 saturated heterocycles. The Labute approximate surface area is 147 Å². The van der Waals surface area contributed by atoms with Crippen molar-refractivity contribution < 1.29 is 9.47 Å². The summed E-state index contributed by atoms with van der Waals surface area (Å²) in [6.07, 6.45) is 0. The van der Waals surface area contributed by atoms with E-state index in [4.69, 9.17) is 9.47 Å². The van der Waals surface area contributed by atoms with Crippen LogP contribution in [0.25, 0.3) is 20.9 Å². The third kappa shape index (κ3) is 3.13. The third-order valence-electron chi connectivity index (χ3n) is 3.41. The zero-order chi connectivity index (χ0) is 15.5. The van der Waals surface area contributed by atoms with Crippen molar-refractivity contribution in [1.82, 2.24) is 0 Å². The van der Waals surface area contributed by atoms with Gasteiger partial charge in [0.1, 0.15) is 11.5 Å². The van der Waals surface area contributed by atoms with Crippen LogP contribution in [0.5, 0.6) is 11.5 Å². The van der Waals surface area contributed by atoms with Crippen LogP contribution in [0, 0.1) is 3.57 Å². The van der Waals surface area contributed by atoms with Crippen molar-refractivity contribution >= 4 is 33.9 Å². The van der Waals surface area contributed by atoms with E-state index in [9.17, 15) is 0 Å². The number of halogens is 1. The minimum Gasteiger partial charge on any atom is -0.497 e. The summed E-state index contributed by atoms with van der Waals surface area (Å²) in [6.45, 7) is 0. The molecule has 0 fully saturated rings. The van der Waals surface area contributed by atoms with E-state index in [2.05, 4.69) is 52.9 Å². The number of rotatable bonds is 4. The highest BCUT2D eigenvalue weighted by molar-refractivity contribution is 14.1. The molecule has 0 aliphatic carbocycles. The lowest BCUT2D eigenvalue weighted by Crippen LogP contribution is -1.81. The van der Waals surface area contributed by atoms with E-state index >= 15 is 0 Å². The van der Waals surface area contributed by atoms with Crippen molar-refractivity contribution in [1.29, 1.82) is 0 Å². The summed E-state index contributed by atoms with van der Waals surface area (Å²) >= 11 is 4.20. The van der Waals surface area contributed by atoms with Gasteiger partial charge in [-0.2, -0.15) is 0 Å². The Hall–Kier alpha value is -1.53. The largest absolute Gasteiger partial charge is 0.497 e. The fourth-order valence-electron chi connectivity index (χ4n) is 2.21. The standard InChI is InChI=1S/C18H15IO2S/c1-20-14-7-3-12(4-8-14)17-11-16(19)18(22-17)13-5-9-15(21-2)10-6-13/h3-11H,1-2H3. The quantitative estimate of drug-likeness (QED) is 0.502. The summed E-state index contributed by atoms with van der Waals surface area (Å²) in [5.41, 5.74) is 2.43. The number of methoxy groups -OCH3 is 2. The molecule has 3 rings (SSSR count). The maximum absolute atomic E-state index is 5.22. The third-order valence-corrected chi connectivity index (χ3v) is 5.86. The Kier molecular flexibility index (Phi) is 4.69. The van der Waals surface area contributed by atoms with Gasteiger partial charge in [-0.1, -0.05) is 0 Å². The normalized spacial score (nSPS) is 10.5. The Balaban J connectivity index is 1.95. The molecule has 0 aliphatic rings. The molecular formula is C18H15IO2S. The van der Waals surface area contributed by atoms with Crippen LogP contribution in [-0.4, -0.2) is 14.2 Å². The summed E-state index contributed by atoms with van der Waals surface area (Å²) in [5.74, 6) is 1.76. The van der Waals surface area contributed by atoms with Crippen LogP contribution in [0.2, 0.25) is 0 Å². The number of hydrogen-bond donors (Lipinski definition) is 0. The van der Waals surface area contributed by atoms with Crippen molar-refractivity contribution in [3.05, 3.63) is 58.2 Å². The van der Waals surface area contributed by atoms with Crippen LogP contribution >= 0.6 is 33.9 Å². The lowest BCUT2D eigenvalue weighted by Gasteiger charge is -2.02. The summed E-state index contributed by atoms with van der Waals surface area (Å²) < 4.78 is 11.7. The predicted octanol–water partition coefficient (Wildman–Crippen LogP) is 5.70. The maximum atomic E-state index is 5.22. The van der Waals surface area contributed by atoms with Gasteiger partial charge in [0.15, 0.2) is 0 Å². The average Bonchev–Trinajstić information content (AvgIpc) is 2.97. The van der Waals surface area contributed by atoms with Crippen molar-refractivity contribution in [2.75, 3.05) is 14.2 Å². The minimum atomic E-state index is 0.880. The van der Waals surface area contributed by atoms with E-state index in [1.807, 2.05) is 24.3 Å². The number of thiophene rings is 1. The predicted molar refractivity (Wildman–Crippen MR) is 101 cm³/mol. The van der Waals surface area contributed by atoms with E-state index < -0.39 is 0 Å². The van der Waals surface area contributed by atoms with Gasteiger partial charge in [-0.25, -0.2) is 0 Å². The molecule has 0 unspecified atom stereocenters. The van der Waals surface area contributed by atoms with Crippen LogP contribution < -0.4 is 9.47 Å². The van der Waals surface area contributed by atoms with Gasteiger partial charge >= 0.3 is 0 Å².